The van der Waals surface area contributed by atoms with Crippen LogP contribution in [0.25, 0.3) is 0 Å². The molecule has 0 aliphatic heterocycles. The zero-order chi connectivity index (χ0) is 13.4. The van der Waals surface area contributed by atoms with Crippen LogP contribution in [-0.4, -0.2) is 32.3 Å². The third-order valence-electron chi connectivity index (χ3n) is 2.52. The molecule has 1 unspecified atom stereocenters. The quantitative estimate of drug-likeness (QED) is 0.358. The molecule has 1 aromatic rings. The number of ether oxygens (including phenoxy) is 1. The minimum atomic E-state index is 0.0545. The Labute approximate surface area is 109 Å². The molecule has 0 spiro atoms. The van der Waals surface area contributed by atoms with Crippen molar-refractivity contribution in [3.63, 3.8) is 0 Å². The Kier molecular flexibility index (Phi) is 6.18. The molecule has 0 aliphatic carbocycles. The summed E-state index contributed by atoms with van der Waals surface area (Å²) in [6.45, 7) is 5.39. The number of guanidine groups is 1. The lowest BCUT2D eigenvalue weighted by atomic mass is 10.3. The van der Waals surface area contributed by atoms with Gasteiger partial charge in [-0.25, -0.2) is 10.8 Å². The van der Waals surface area contributed by atoms with E-state index < -0.39 is 0 Å². The molecule has 1 rings (SSSR count). The number of nitrogens with two attached hydrogens (primary N) is 1. The van der Waals surface area contributed by atoms with E-state index >= 15 is 0 Å². The molecule has 0 fully saturated rings. The number of hydrazine groups is 1. The first-order valence-corrected chi connectivity index (χ1v) is 6.08. The zero-order valence-electron chi connectivity index (χ0n) is 11.3. The Morgan fingerprint density at radius 1 is 1.44 bits per heavy atom. The van der Waals surface area contributed by atoms with E-state index in [4.69, 9.17) is 10.6 Å². The maximum absolute atomic E-state index is 5.57. The average Bonchev–Trinajstić information content (AvgIpc) is 2.40. The third-order valence-corrected chi connectivity index (χ3v) is 2.52. The van der Waals surface area contributed by atoms with Gasteiger partial charge in [-0.2, -0.15) is 0 Å². The first-order valence-electron chi connectivity index (χ1n) is 6.08. The summed E-state index contributed by atoms with van der Waals surface area (Å²) in [5.74, 6) is 6.21. The molecule has 100 valence electrons. The van der Waals surface area contributed by atoms with Crippen molar-refractivity contribution in [2.75, 3.05) is 25.2 Å². The van der Waals surface area contributed by atoms with Gasteiger partial charge >= 0.3 is 0 Å². The summed E-state index contributed by atoms with van der Waals surface area (Å²) < 4.78 is 5.07. The van der Waals surface area contributed by atoms with E-state index in [9.17, 15) is 0 Å². The molecule has 3 N–H and O–H groups in total. The predicted molar refractivity (Wildman–Crippen MR) is 75.6 cm³/mol. The largest absolute Gasteiger partial charge is 0.382 e. The normalized spacial score (nSPS) is 13.2. The number of methoxy groups -OCH3 is 1. The van der Waals surface area contributed by atoms with Gasteiger partial charge in [0, 0.05) is 19.3 Å². The summed E-state index contributed by atoms with van der Waals surface area (Å²) in [6, 6.07) is 10.1. The smallest absolute Gasteiger partial charge is 0.213 e. The number of nitrogens with zero attached hydrogens (tertiary/aromatic N) is 2. The van der Waals surface area contributed by atoms with Gasteiger partial charge in [0.05, 0.1) is 12.6 Å². The van der Waals surface area contributed by atoms with Gasteiger partial charge in [0.25, 0.3) is 0 Å². The molecule has 0 bridgehead atoms. The number of nitrogens with one attached hydrogen (secondary N) is 1. The van der Waals surface area contributed by atoms with Crippen LogP contribution in [0.2, 0.25) is 0 Å². The van der Waals surface area contributed by atoms with E-state index in [0.29, 0.717) is 12.6 Å². The summed E-state index contributed by atoms with van der Waals surface area (Å²) in [4.78, 5) is 6.53. The number of benzene rings is 1. The minimum Gasteiger partial charge on any atom is -0.382 e. The Bertz CT molecular complexity index is 367. The fourth-order valence-electron chi connectivity index (χ4n) is 1.73. The molecule has 0 saturated heterocycles. The lowest BCUT2D eigenvalue weighted by Gasteiger charge is -2.25. The van der Waals surface area contributed by atoms with Gasteiger partial charge in [-0.1, -0.05) is 18.2 Å². The van der Waals surface area contributed by atoms with Gasteiger partial charge in [-0.15, -0.1) is 0 Å². The molecule has 1 aromatic carbocycles. The number of rotatable bonds is 5. The Balaban J connectivity index is 2.91. The van der Waals surface area contributed by atoms with Gasteiger partial charge in [-0.05, 0) is 26.0 Å². The van der Waals surface area contributed by atoms with E-state index in [0.717, 1.165) is 12.2 Å². The van der Waals surface area contributed by atoms with Crippen LogP contribution in [-0.2, 0) is 4.74 Å². The van der Waals surface area contributed by atoms with Crippen LogP contribution >= 0.6 is 0 Å². The van der Waals surface area contributed by atoms with Crippen LogP contribution in [0.3, 0.4) is 0 Å². The number of hydrogen-bond donors (Lipinski definition) is 2. The number of aliphatic imine (C=N–C) groups is 1. The van der Waals surface area contributed by atoms with Crippen molar-refractivity contribution >= 4 is 11.6 Å². The molecule has 5 heteroatoms. The molecule has 0 aliphatic rings. The summed E-state index contributed by atoms with van der Waals surface area (Å²) in [5, 5.41) is 0. The van der Waals surface area contributed by atoms with E-state index in [1.54, 1.807) is 7.11 Å². The maximum Gasteiger partial charge on any atom is 0.213 e. The fourth-order valence-corrected chi connectivity index (χ4v) is 1.73. The fraction of sp³-hybridized carbons (Fsp3) is 0.462. The molecular formula is C13H22N4O. The second-order valence-corrected chi connectivity index (χ2v) is 3.98. The van der Waals surface area contributed by atoms with Crippen molar-refractivity contribution in [3.05, 3.63) is 30.3 Å². The molecule has 18 heavy (non-hydrogen) atoms. The number of anilines is 1. The van der Waals surface area contributed by atoms with Crippen LogP contribution in [0.1, 0.15) is 13.8 Å². The average molecular weight is 250 g/mol. The summed E-state index contributed by atoms with van der Waals surface area (Å²) >= 11 is 0. The standard InChI is InChI=1S/C13H22N4O/c1-4-17(12-8-6-5-7-9-12)13(16-14)15-11(2)10-18-3/h5-9,11H,4,10,14H2,1-3H3,(H,15,16). The predicted octanol–water partition coefficient (Wildman–Crippen LogP) is 1.37. The first kappa shape index (κ1) is 14.5. The summed E-state index contributed by atoms with van der Waals surface area (Å²) in [5.41, 5.74) is 3.72. The van der Waals surface area contributed by atoms with Crippen LogP contribution < -0.4 is 16.2 Å². The summed E-state index contributed by atoms with van der Waals surface area (Å²) in [6.07, 6.45) is 0. The molecule has 1 atom stereocenters. The van der Waals surface area contributed by atoms with Crippen LogP contribution in [0.15, 0.2) is 35.3 Å². The highest BCUT2D eigenvalue weighted by atomic mass is 16.5. The second kappa shape index (κ2) is 7.68. The van der Waals surface area contributed by atoms with Crippen molar-refractivity contribution in [1.29, 1.82) is 0 Å². The van der Waals surface area contributed by atoms with Crippen molar-refractivity contribution < 1.29 is 4.74 Å². The lowest BCUT2D eigenvalue weighted by Crippen LogP contribution is -2.45. The monoisotopic (exact) mass is 250 g/mol. The lowest BCUT2D eigenvalue weighted by molar-refractivity contribution is 0.185. The van der Waals surface area contributed by atoms with Gasteiger partial charge in [0.1, 0.15) is 0 Å². The topological polar surface area (TPSA) is 62.9 Å². The van der Waals surface area contributed by atoms with Crippen molar-refractivity contribution in [2.45, 2.75) is 19.9 Å². The molecule has 5 nitrogen and oxygen atoms in total. The highest BCUT2D eigenvalue weighted by Crippen LogP contribution is 2.13. The van der Waals surface area contributed by atoms with Crippen LogP contribution in [0.4, 0.5) is 5.69 Å². The first-order chi connectivity index (χ1) is 8.72. The third kappa shape index (κ3) is 4.01. The molecule has 0 aromatic heterocycles. The highest BCUT2D eigenvalue weighted by molar-refractivity contribution is 5.95. The van der Waals surface area contributed by atoms with Crippen molar-refractivity contribution in [3.8, 4) is 0 Å². The van der Waals surface area contributed by atoms with Gasteiger partial charge in [-0.3, -0.25) is 5.43 Å². The summed E-state index contributed by atoms with van der Waals surface area (Å²) in [7, 11) is 1.66. The number of hydrogen-bond acceptors (Lipinski definition) is 3. The maximum atomic E-state index is 5.57. The molecule has 0 radical (unpaired) electrons. The number of para-hydroxylation sites is 1. The minimum absolute atomic E-state index is 0.0545. The Hall–Kier alpha value is -1.59. The van der Waals surface area contributed by atoms with E-state index in [1.807, 2.05) is 42.2 Å². The Morgan fingerprint density at radius 3 is 2.61 bits per heavy atom. The van der Waals surface area contributed by atoms with E-state index in [-0.39, 0.29) is 6.04 Å². The second-order valence-electron chi connectivity index (χ2n) is 3.98. The van der Waals surface area contributed by atoms with Crippen molar-refractivity contribution in [2.24, 2.45) is 10.8 Å². The van der Waals surface area contributed by atoms with Gasteiger partial charge in [0.2, 0.25) is 5.96 Å². The van der Waals surface area contributed by atoms with Crippen LogP contribution in [0.5, 0.6) is 0 Å². The molecule has 0 saturated carbocycles. The SMILES string of the molecule is CCN(C(=NC(C)COC)NN)c1ccccc1. The highest BCUT2D eigenvalue weighted by Gasteiger charge is 2.11. The van der Waals surface area contributed by atoms with E-state index in [1.165, 1.54) is 0 Å². The molecule has 0 heterocycles. The molecular weight excluding hydrogens is 228 g/mol. The van der Waals surface area contributed by atoms with E-state index in [2.05, 4.69) is 17.3 Å². The molecule has 0 amide bonds. The van der Waals surface area contributed by atoms with Gasteiger partial charge < -0.3 is 9.64 Å². The zero-order valence-corrected chi connectivity index (χ0v) is 11.3. The van der Waals surface area contributed by atoms with Crippen LogP contribution in [0, 0.1) is 0 Å². The Morgan fingerprint density at radius 2 is 2.11 bits per heavy atom. The van der Waals surface area contributed by atoms with Crippen molar-refractivity contribution in [1.82, 2.24) is 5.43 Å². The van der Waals surface area contributed by atoms with Gasteiger partial charge in [0.15, 0.2) is 0 Å².